The number of aromatic carboxylic acids is 1. The van der Waals surface area contributed by atoms with Gasteiger partial charge in [-0.15, -0.1) is 0 Å². The molecule has 0 atom stereocenters. The van der Waals surface area contributed by atoms with Gasteiger partial charge in [0.25, 0.3) is 6.01 Å². The second-order valence-corrected chi connectivity index (χ2v) is 5.57. The fourth-order valence-corrected chi connectivity index (χ4v) is 1.58. The zero-order valence-corrected chi connectivity index (χ0v) is 12.1. The summed E-state index contributed by atoms with van der Waals surface area (Å²) in [4.78, 5) is 17.3. The maximum Gasteiger partial charge on any atom is 0.335 e. The third kappa shape index (κ3) is 2.91. The molecule has 2 rings (SSSR count). The number of rotatable bonds is 5. The van der Waals surface area contributed by atoms with E-state index in [0.717, 1.165) is 0 Å². The van der Waals surface area contributed by atoms with Crippen molar-refractivity contribution in [1.29, 1.82) is 0 Å². The molecule has 2 aromatic rings. The number of hydrogen-bond donors (Lipinski definition) is 2. The molecule has 0 fully saturated rings. The van der Waals surface area contributed by atoms with Crippen molar-refractivity contribution >= 4 is 23.1 Å². The molecule has 0 aliphatic heterocycles. The van der Waals surface area contributed by atoms with Crippen LogP contribution in [0.5, 0.6) is 0 Å². The number of benzene rings is 1. The summed E-state index contributed by atoms with van der Waals surface area (Å²) in [5.41, 5.74) is 1.25. The van der Waals surface area contributed by atoms with E-state index in [4.69, 9.17) is 9.52 Å². The van der Waals surface area contributed by atoms with E-state index in [9.17, 15) is 4.79 Å². The molecule has 0 saturated heterocycles. The third-order valence-electron chi connectivity index (χ3n) is 3.52. The summed E-state index contributed by atoms with van der Waals surface area (Å²) in [6.45, 7) is 4.87. The molecule has 0 amide bonds. The molecule has 0 saturated carbocycles. The zero-order chi connectivity index (χ0) is 14.9. The smallest absolute Gasteiger partial charge is 0.335 e. The van der Waals surface area contributed by atoms with Crippen LogP contribution in [-0.2, 0) is 0 Å². The number of anilines is 1. The van der Waals surface area contributed by atoms with Gasteiger partial charge < -0.3 is 19.7 Å². The first-order valence-corrected chi connectivity index (χ1v) is 6.35. The number of fused-ring (bicyclic) bond motifs is 1. The highest BCUT2D eigenvalue weighted by Crippen LogP contribution is 2.21. The highest BCUT2D eigenvalue weighted by Gasteiger charge is 2.21. The molecule has 0 radical (unpaired) electrons. The summed E-state index contributed by atoms with van der Waals surface area (Å²) >= 11 is 0. The molecular weight excluding hydrogens is 258 g/mol. The predicted octanol–water partition coefficient (Wildman–Crippen LogP) is 2.28. The second kappa shape index (κ2) is 5.13. The monoisotopic (exact) mass is 277 g/mol. The lowest BCUT2D eigenvalue weighted by atomic mass is 10.1. The summed E-state index contributed by atoms with van der Waals surface area (Å²) < 4.78 is 5.53. The average molecular weight is 277 g/mol. The first-order chi connectivity index (χ1) is 9.29. The van der Waals surface area contributed by atoms with E-state index in [2.05, 4.69) is 29.0 Å². The largest absolute Gasteiger partial charge is 0.478 e. The van der Waals surface area contributed by atoms with Crippen LogP contribution in [0.25, 0.3) is 11.1 Å². The van der Waals surface area contributed by atoms with Gasteiger partial charge in [-0.3, -0.25) is 0 Å². The van der Waals surface area contributed by atoms with Gasteiger partial charge in [0, 0.05) is 12.1 Å². The molecule has 2 N–H and O–H groups in total. The van der Waals surface area contributed by atoms with Gasteiger partial charge in [0.1, 0.15) is 5.52 Å². The van der Waals surface area contributed by atoms with Gasteiger partial charge in [-0.25, -0.2) is 4.79 Å². The Morgan fingerprint density at radius 1 is 1.45 bits per heavy atom. The van der Waals surface area contributed by atoms with Gasteiger partial charge in [0.15, 0.2) is 5.58 Å². The lowest BCUT2D eigenvalue weighted by molar-refractivity contribution is 0.0697. The minimum absolute atomic E-state index is 0.0487. The lowest BCUT2D eigenvalue weighted by Crippen LogP contribution is -2.44. The van der Waals surface area contributed by atoms with Crippen molar-refractivity contribution in [1.82, 2.24) is 9.88 Å². The van der Waals surface area contributed by atoms with E-state index < -0.39 is 5.97 Å². The molecule has 108 valence electrons. The van der Waals surface area contributed by atoms with Gasteiger partial charge in [0.2, 0.25) is 0 Å². The molecule has 1 heterocycles. The lowest BCUT2D eigenvalue weighted by Gasteiger charge is -2.32. The Kier molecular flexibility index (Phi) is 3.67. The van der Waals surface area contributed by atoms with Crippen LogP contribution < -0.4 is 5.32 Å². The summed E-state index contributed by atoms with van der Waals surface area (Å²) in [6, 6.07) is 5.04. The van der Waals surface area contributed by atoms with Crippen molar-refractivity contribution in [3.8, 4) is 0 Å². The highest BCUT2D eigenvalue weighted by molar-refractivity contribution is 5.92. The number of nitrogens with one attached hydrogen (secondary N) is 1. The number of oxazole rings is 1. The van der Waals surface area contributed by atoms with Gasteiger partial charge in [-0.05, 0) is 46.1 Å². The Labute approximate surface area is 117 Å². The number of carboxylic acid groups (broad SMARTS) is 1. The van der Waals surface area contributed by atoms with Crippen LogP contribution in [-0.4, -0.2) is 47.1 Å². The van der Waals surface area contributed by atoms with Crippen LogP contribution in [0.2, 0.25) is 0 Å². The van der Waals surface area contributed by atoms with Crippen LogP contribution in [0.4, 0.5) is 6.01 Å². The van der Waals surface area contributed by atoms with E-state index in [-0.39, 0.29) is 11.1 Å². The molecule has 0 aliphatic carbocycles. The Bertz CT molecular complexity index is 632. The molecular formula is C14H19N3O3. The topological polar surface area (TPSA) is 78.6 Å². The molecule has 0 unspecified atom stereocenters. The summed E-state index contributed by atoms with van der Waals surface area (Å²) in [6.07, 6.45) is 0. The number of likely N-dealkylation sites (N-methyl/N-ethyl adjacent to an activating group) is 1. The predicted molar refractivity (Wildman–Crippen MR) is 77.2 cm³/mol. The maximum atomic E-state index is 10.9. The molecule has 1 aromatic carbocycles. The number of aromatic nitrogens is 1. The fourth-order valence-electron chi connectivity index (χ4n) is 1.58. The summed E-state index contributed by atoms with van der Waals surface area (Å²) in [7, 11) is 4.01. The van der Waals surface area contributed by atoms with E-state index in [0.29, 0.717) is 23.7 Å². The molecule has 0 bridgehead atoms. The molecule has 1 aromatic heterocycles. The zero-order valence-electron chi connectivity index (χ0n) is 12.1. The first-order valence-electron chi connectivity index (χ1n) is 6.35. The number of nitrogens with zero attached hydrogens (tertiary/aromatic N) is 2. The normalized spacial score (nSPS) is 12.1. The summed E-state index contributed by atoms with van der Waals surface area (Å²) in [5, 5.41) is 12.1. The van der Waals surface area contributed by atoms with Gasteiger partial charge in [-0.1, -0.05) is 0 Å². The minimum atomic E-state index is -0.980. The van der Waals surface area contributed by atoms with E-state index in [1.807, 2.05) is 14.1 Å². The van der Waals surface area contributed by atoms with E-state index in [1.54, 1.807) is 6.07 Å². The third-order valence-corrected chi connectivity index (χ3v) is 3.52. The standard InChI is InChI=1S/C14H19N3O3/c1-14(2,17(3)4)8-15-13-16-10-6-5-9(12(18)19)7-11(10)20-13/h5-7H,8H2,1-4H3,(H,15,16)(H,18,19). The first kappa shape index (κ1) is 14.3. The van der Waals surface area contributed by atoms with Crippen LogP contribution in [0.3, 0.4) is 0 Å². The Balaban J connectivity index is 2.18. The van der Waals surface area contributed by atoms with Crippen molar-refractivity contribution in [2.24, 2.45) is 0 Å². The Morgan fingerprint density at radius 3 is 2.75 bits per heavy atom. The summed E-state index contributed by atoms with van der Waals surface area (Å²) in [5.74, 6) is -0.980. The number of carboxylic acids is 1. The second-order valence-electron chi connectivity index (χ2n) is 5.57. The van der Waals surface area contributed by atoms with E-state index >= 15 is 0 Å². The van der Waals surface area contributed by atoms with Crippen LogP contribution >= 0.6 is 0 Å². The van der Waals surface area contributed by atoms with Crippen molar-refractivity contribution in [2.75, 3.05) is 26.0 Å². The average Bonchev–Trinajstić information content (AvgIpc) is 2.77. The van der Waals surface area contributed by atoms with Crippen LogP contribution in [0, 0.1) is 0 Å². The molecule has 0 aliphatic rings. The number of hydrogen-bond acceptors (Lipinski definition) is 5. The van der Waals surface area contributed by atoms with Gasteiger partial charge in [-0.2, -0.15) is 4.98 Å². The van der Waals surface area contributed by atoms with Crippen molar-refractivity contribution < 1.29 is 14.3 Å². The van der Waals surface area contributed by atoms with Crippen molar-refractivity contribution in [3.63, 3.8) is 0 Å². The fraction of sp³-hybridized carbons (Fsp3) is 0.429. The van der Waals surface area contributed by atoms with Crippen molar-refractivity contribution in [3.05, 3.63) is 23.8 Å². The molecule has 6 heteroatoms. The van der Waals surface area contributed by atoms with Crippen LogP contribution in [0.15, 0.2) is 22.6 Å². The minimum Gasteiger partial charge on any atom is -0.478 e. The van der Waals surface area contributed by atoms with Gasteiger partial charge in [0.05, 0.1) is 5.56 Å². The highest BCUT2D eigenvalue weighted by atomic mass is 16.4. The maximum absolute atomic E-state index is 10.9. The van der Waals surface area contributed by atoms with E-state index in [1.165, 1.54) is 12.1 Å². The number of carbonyl (C=O) groups is 1. The molecule has 6 nitrogen and oxygen atoms in total. The SMILES string of the molecule is CN(C)C(C)(C)CNc1nc2ccc(C(=O)O)cc2o1. The Hall–Kier alpha value is -2.08. The van der Waals surface area contributed by atoms with Crippen LogP contribution in [0.1, 0.15) is 24.2 Å². The molecule has 20 heavy (non-hydrogen) atoms. The quantitative estimate of drug-likeness (QED) is 0.873. The Morgan fingerprint density at radius 2 is 2.15 bits per heavy atom. The van der Waals surface area contributed by atoms with Crippen molar-refractivity contribution in [2.45, 2.75) is 19.4 Å². The van der Waals surface area contributed by atoms with Gasteiger partial charge >= 0.3 is 5.97 Å². The molecule has 0 spiro atoms.